The third-order valence-corrected chi connectivity index (χ3v) is 7.03. The fraction of sp³-hybridized carbons (Fsp3) is 0.208. The molecule has 2 heterocycles. The van der Waals surface area contributed by atoms with E-state index in [-0.39, 0.29) is 5.75 Å². The Morgan fingerprint density at radius 3 is 2.79 bits per heavy atom. The molecular weight excluding hydrogens is 466 g/mol. The highest BCUT2D eigenvalue weighted by atomic mass is 32.1. The van der Waals surface area contributed by atoms with Gasteiger partial charge in [-0.25, -0.2) is 0 Å². The van der Waals surface area contributed by atoms with Gasteiger partial charge < -0.3 is 10.4 Å². The number of aromatic hydroxyl groups is 1. The maximum atomic E-state index is 10.9. The molecule has 0 radical (unpaired) electrons. The molecule has 4 N–H and O–H groups in total. The summed E-state index contributed by atoms with van der Waals surface area (Å²) in [7, 11) is 0. The average Bonchev–Trinajstić information content (AvgIpc) is 3.53. The lowest BCUT2D eigenvalue weighted by atomic mass is 9.90. The van der Waals surface area contributed by atoms with Crippen LogP contribution in [0.25, 0.3) is 21.8 Å². The average molecular weight is 490 g/mol. The van der Waals surface area contributed by atoms with Gasteiger partial charge >= 0.3 is 0 Å². The van der Waals surface area contributed by atoms with Gasteiger partial charge in [0.25, 0.3) is 0 Å². The highest BCUT2D eigenvalue weighted by Crippen LogP contribution is 2.40. The summed E-state index contributed by atoms with van der Waals surface area (Å²) in [5.41, 5.74) is 9.62. The number of hydrogen-bond acceptors (Lipinski definition) is 7. The Morgan fingerprint density at radius 2 is 1.97 bits per heavy atom. The Bertz CT molecular complexity index is 1360. The molecule has 0 fully saturated rings. The number of H-pyrrole nitrogens is 1. The summed E-state index contributed by atoms with van der Waals surface area (Å²) < 4.78 is 0. The minimum absolute atomic E-state index is 0.246. The molecule has 2 aromatic heterocycles. The van der Waals surface area contributed by atoms with Gasteiger partial charge in [0.15, 0.2) is 5.11 Å². The minimum atomic E-state index is 0.246. The van der Waals surface area contributed by atoms with Crippen LogP contribution < -0.4 is 10.7 Å². The predicted molar refractivity (Wildman–Crippen MR) is 139 cm³/mol. The molecule has 8 nitrogen and oxygen atoms in total. The second-order valence-electron chi connectivity index (χ2n) is 8.10. The van der Waals surface area contributed by atoms with Crippen LogP contribution >= 0.6 is 23.6 Å². The van der Waals surface area contributed by atoms with Crippen molar-refractivity contribution >= 4 is 40.1 Å². The summed E-state index contributed by atoms with van der Waals surface area (Å²) in [6, 6.07) is 14.0. The van der Waals surface area contributed by atoms with Gasteiger partial charge in [0.2, 0.25) is 5.82 Å². The number of aromatic amines is 1. The van der Waals surface area contributed by atoms with Crippen LogP contribution in [-0.4, -0.2) is 36.6 Å². The van der Waals surface area contributed by atoms with Crippen LogP contribution in [0.4, 0.5) is 5.69 Å². The Labute approximate surface area is 206 Å². The van der Waals surface area contributed by atoms with E-state index in [1.807, 2.05) is 36.6 Å². The van der Waals surface area contributed by atoms with E-state index in [4.69, 9.17) is 12.2 Å². The fourth-order valence-corrected chi connectivity index (χ4v) is 5.23. The zero-order chi connectivity index (χ0) is 23.5. The molecule has 0 spiro atoms. The number of fused-ring (bicyclic) bond motifs is 1. The minimum Gasteiger partial charge on any atom is -0.506 e. The van der Waals surface area contributed by atoms with Crippen LogP contribution in [0.5, 0.6) is 5.75 Å². The van der Waals surface area contributed by atoms with E-state index in [2.05, 4.69) is 54.7 Å². The van der Waals surface area contributed by atoms with E-state index in [0.717, 1.165) is 34.5 Å². The van der Waals surface area contributed by atoms with Gasteiger partial charge in [0.1, 0.15) is 5.75 Å². The molecule has 10 heteroatoms. The molecular formula is C24H23N7OS2. The Morgan fingerprint density at radius 1 is 1.12 bits per heavy atom. The fourth-order valence-electron chi connectivity index (χ4n) is 4.06. The molecule has 1 aliphatic rings. The number of nitrogens with zero attached hydrogens (tertiary/aromatic N) is 4. The molecule has 0 unspecified atom stereocenters. The van der Waals surface area contributed by atoms with E-state index in [0.29, 0.717) is 22.2 Å². The van der Waals surface area contributed by atoms with Gasteiger partial charge in [-0.1, -0.05) is 24.3 Å². The number of hydrazone groups is 1. The van der Waals surface area contributed by atoms with Crippen LogP contribution in [-0.2, 0) is 12.8 Å². The summed E-state index contributed by atoms with van der Waals surface area (Å²) in [5, 5.41) is 34.6. The molecule has 5 rings (SSSR count). The number of nitrogens with one attached hydrogen (secondary N) is 3. The summed E-state index contributed by atoms with van der Waals surface area (Å²) in [5.74, 6) is 0.745. The lowest BCUT2D eigenvalue weighted by Gasteiger charge is -2.16. The molecule has 2 aromatic carbocycles. The topological polar surface area (TPSA) is 111 Å². The van der Waals surface area contributed by atoms with Crippen molar-refractivity contribution in [1.82, 2.24) is 26.0 Å². The summed E-state index contributed by atoms with van der Waals surface area (Å²) >= 11 is 6.90. The Hall–Kier alpha value is -3.63. The standard InChI is InChI=1S/C24H23N7OS2/c1-14(26-29-24(33)25-19-8-4-7-18(12-19)23-27-30-31-28-23)20-13-34-22(21(20)32)17-10-9-15-5-2-3-6-16(15)11-17/h4,7-13,32H,2-3,5-6H2,1H3,(H2,25,29,33)(H,27,28,30,31). The number of hydrogen-bond donors (Lipinski definition) is 4. The molecule has 0 amide bonds. The van der Waals surface area contributed by atoms with Crippen molar-refractivity contribution in [2.24, 2.45) is 5.10 Å². The van der Waals surface area contributed by atoms with Crippen molar-refractivity contribution in [1.29, 1.82) is 0 Å². The molecule has 0 aliphatic heterocycles. The molecule has 4 aromatic rings. The number of anilines is 1. The summed E-state index contributed by atoms with van der Waals surface area (Å²) in [6.45, 7) is 1.84. The smallest absolute Gasteiger partial charge is 0.204 e. The lowest BCUT2D eigenvalue weighted by molar-refractivity contribution is 0.478. The zero-order valence-electron chi connectivity index (χ0n) is 18.5. The maximum Gasteiger partial charge on any atom is 0.204 e. The SMILES string of the molecule is CC(=NNC(=S)Nc1cccc(-c2nn[nH]n2)c1)c1csc(-c2ccc3c(c2)CCCC3)c1O. The normalized spacial score (nSPS) is 13.4. The molecule has 172 valence electrons. The Kier molecular flexibility index (Phi) is 6.33. The van der Waals surface area contributed by atoms with E-state index in [1.165, 1.54) is 35.3 Å². The molecule has 0 atom stereocenters. The molecule has 0 bridgehead atoms. The van der Waals surface area contributed by atoms with Gasteiger partial charge in [0, 0.05) is 16.6 Å². The van der Waals surface area contributed by atoms with Gasteiger partial charge in [0.05, 0.1) is 16.2 Å². The van der Waals surface area contributed by atoms with Crippen molar-refractivity contribution in [3.05, 3.63) is 64.5 Å². The van der Waals surface area contributed by atoms with Crippen LogP contribution in [0.2, 0.25) is 0 Å². The summed E-state index contributed by atoms with van der Waals surface area (Å²) in [6.07, 6.45) is 4.73. The number of benzene rings is 2. The third-order valence-electron chi connectivity index (χ3n) is 5.81. The van der Waals surface area contributed by atoms with Crippen molar-refractivity contribution in [2.45, 2.75) is 32.6 Å². The summed E-state index contributed by atoms with van der Waals surface area (Å²) in [4.78, 5) is 0.858. The molecule has 0 saturated carbocycles. The monoisotopic (exact) mass is 489 g/mol. The second-order valence-corrected chi connectivity index (χ2v) is 9.38. The van der Waals surface area contributed by atoms with Crippen molar-refractivity contribution < 1.29 is 5.11 Å². The highest BCUT2D eigenvalue weighted by molar-refractivity contribution is 7.80. The zero-order valence-corrected chi connectivity index (χ0v) is 20.1. The van der Waals surface area contributed by atoms with Crippen LogP contribution in [0, 0.1) is 0 Å². The van der Waals surface area contributed by atoms with Crippen LogP contribution in [0.3, 0.4) is 0 Å². The third kappa shape index (κ3) is 4.68. The van der Waals surface area contributed by atoms with E-state index in [9.17, 15) is 5.11 Å². The number of aryl methyl sites for hydroxylation is 2. The van der Waals surface area contributed by atoms with E-state index in [1.54, 1.807) is 0 Å². The first kappa shape index (κ1) is 22.2. The van der Waals surface area contributed by atoms with E-state index < -0.39 is 0 Å². The first-order valence-electron chi connectivity index (χ1n) is 11.0. The number of tetrazole rings is 1. The first-order chi connectivity index (χ1) is 16.6. The van der Waals surface area contributed by atoms with Gasteiger partial charge in [-0.2, -0.15) is 10.3 Å². The first-order valence-corrected chi connectivity index (χ1v) is 12.3. The second kappa shape index (κ2) is 9.70. The van der Waals surface area contributed by atoms with Gasteiger partial charge in [-0.3, -0.25) is 5.43 Å². The molecule has 0 saturated heterocycles. The lowest BCUT2D eigenvalue weighted by Crippen LogP contribution is -2.24. The maximum absolute atomic E-state index is 10.9. The Balaban J connectivity index is 1.27. The predicted octanol–water partition coefficient (Wildman–Crippen LogP) is 4.89. The molecule has 1 aliphatic carbocycles. The van der Waals surface area contributed by atoms with Gasteiger partial charge in [-0.05, 0) is 84.9 Å². The van der Waals surface area contributed by atoms with Crippen LogP contribution in [0.1, 0.15) is 36.5 Å². The number of thiocarbonyl (C=S) groups is 1. The van der Waals surface area contributed by atoms with Crippen molar-refractivity contribution in [3.8, 4) is 27.6 Å². The molecule has 34 heavy (non-hydrogen) atoms. The number of aromatic nitrogens is 4. The largest absolute Gasteiger partial charge is 0.506 e. The number of rotatable bonds is 5. The number of thiophene rings is 1. The van der Waals surface area contributed by atoms with Crippen LogP contribution in [0.15, 0.2) is 52.9 Å². The van der Waals surface area contributed by atoms with Crippen molar-refractivity contribution in [2.75, 3.05) is 5.32 Å². The van der Waals surface area contributed by atoms with Gasteiger partial charge in [-0.15, -0.1) is 21.5 Å². The van der Waals surface area contributed by atoms with Crippen molar-refractivity contribution in [3.63, 3.8) is 0 Å². The highest BCUT2D eigenvalue weighted by Gasteiger charge is 2.17. The quantitative estimate of drug-likeness (QED) is 0.179. The van der Waals surface area contributed by atoms with E-state index >= 15 is 0 Å².